The number of furan rings is 1. The lowest BCUT2D eigenvalue weighted by atomic mass is 9.65. The highest BCUT2D eigenvalue weighted by Crippen LogP contribution is 2.45. The number of halogens is 1. The van der Waals surface area contributed by atoms with Crippen molar-refractivity contribution in [1.82, 2.24) is 5.32 Å². The van der Waals surface area contributed by atoms with Crippen LogP contribution in [-0.2, 0) is 9.31 Å². The van der Waals surface area contributed by atoms with E-state index in [2.05, 4.69) is 33.0 Å². The van der Waals surface area contributed by atoms with Gasteiger partial charge in [-0.2, -0.15) is 0 Å². The minimum Gasteiger partial charge on any atom is -0.472 e. The van der Waals surface area contributed by atoms with Crippen molar-refractivity contribution in [3.63, 3.8) is 0 Å². The fourth-order valence-corrected chi connectivity index (χ4v) is 2.90. The molecule has 0 bridgehead atoms. The molecular formula is C14H23BClNO3. The Bertz CT molecular complexity index is 433. The molecule has 3 rings (SSSR count). The fraction of sp³-hybridized carbons (Fsp3) is 0.714. The van der Waals surface area contributed by atoms with Crippen LogP contribution in [0.3, 0.4) is 0 Å². The number of hydrogen-bond donors (Lipinski definition) is 1. The first-order chi connectivity index (χ1) is 8.91. The van der Waals surface area contributed by atoms with Gasteiger partial charge in [0, 0.05) is 18.3 Å². The summed E-state index contributed by atoms with van der Waals surface area (Å²) in [6.45, 7) is 10.3. The lowest BCUT2D eigenvalue weighted by molar-refractivity contribution is 0.00578. The molecule has 2 aliphatic rings. The lowest BCUT2D eigenvalue weighted by Gasteiger charge is -2.32. The van der Waals surface area contributed by atoms with Crippen molar-refractivity contribution in [1.29, 1.82) is 0 Å². The number of rotatable bonds is 2. The number of nitrogens with one attached hydrogen (secondary N) is 1. The third kappa shape index (κ3) is 2.52. The topological polar surface area (TPSA) is 43.6 Å². The molecule has 1 aromatic rings. The van der Waals surface area contributed by atoms with Gasteiger partial charge in [-0.1, -0.05) is 0 Å². The van der Waals surface area contributed by atoms with Crippen LogP contribution >= 0.6 is 12.4 Å². The molecule has 2 unspecified atom stereocenters. The molecule has 1 N–H and O–H groups in total. The molecule has 6 heteroatoms. The Morgan fingerprint density at radius 2 is 1.80 bits per heavy atom. The van der Waals surface area contributed by atoms with Crippen molar-refractivity contribution < 1.29 is 13.7 Å². The Hall–Kier alpha value is -0.485. The molecule has 2 atom stereocenters. The van der Waals surface area contributed by atoms with E-state index in [-0.39, 0.29) is 30.7 Å². The van der Waals surface area contributed by atoms with E-state index in [4.69, 9.17) is 13.7 Å². The standard InChI is InChI=1S/C14H22BNO3.ClH/c1-13(2)14(3,4)19-15(18-13)12-8-16-7-11(12)10-5-6-17-9-10;/h5-6,9,11-12,16H,7-8H2,1-4H3;1H. The van der Waals surface area contributed by atoms with Crippen LogP contribution in [0.25, 0.3) is 0 Å². The van der Waals surface area contributed by atoms with Crippen molar-refractivity contribution in [3.8, 4) is 0 Å². The summed E-state index contributed by atoms with van der Waals surface area (Å²) in [6.07, 6.45) is 3.56. The Morgan fingerprint density at radius 3 is 2.35 bits per heavy atom. The summed E-state index contributed by atoms with van der Waals surface area (Å²) in [5.74, 6) is 0.729. The van der Waals surface area contributed by atoms with E-state index < -0.39 is 0 Å². The maximum atomic E-state index is 6.18. The lowest BCUT2D eigenvalue weighted by Crippen LogP contribution is -2.41. The van der Waals surface area contributed by atoms with Crippen LogP contribution in [0, 0.1) is 0 Å². The van der Waals surface area contributed by atoms with Gasteiger partial charge in [-0.3, -0.25) is 0 Å². The van der Waals surface area contributed by atoms with Gasteiger partial charge in [-0.25, -0.2) is 0 Å². The molecule has 20 heavy (non-hydrogen) atoms. The average Bonchev–Trinajstić information content (AvgIpc) is 3.00. The molecular weight excluding hydrogens is 276 g/mol. The van der Waals surface area contributed by atoms with E-state index in [0.29, 0.717) is 11.7 Å². The van der Waals surface area contributed by atoms with E-state index in [9.17, 15) is 0 Å². The second kappa shape index (κ2) is 5.37. The van der Waals surface area contributed by atoms with Crippen molar-refractivity contribution in [2.45, 2.75) is 50.6 Å². The van der Waals surface area contributed by atoms with Gasteiger partial charge in [-0.05, 0) is 45.9 Å². The summed E-state index contributed by atoms with van der Waals surface area (Å²) in [4.78, 5) is 0. The molecule has 0 spiro atoms. The van der Waals surface area contributed by atoms with Gasteiger partial charge in [0.2, 0.25) is 0 Å². The van der Waals surface area contributed by atoms with Crippen LogP contribution in [0.1, 0.15) is 39.2 Å². The third-order valence-corrected chi connectivity index (χ3v) is 4.85. The first kappa shape index (κ1) is 15.9. The molecule has 0 saturated carbocycles. The number of hydrogen-bond acceptors (Lipinski definition) is 4. The summed E-state index contributed by atoms with van der Waals surface area (Å²) in [6, 6.07) is 2.04. The molecule has 4 nitrogen and oxygen atoms in total. The molecule has 2 saturated heterocycles. The fourth-order valence-electron chi connectivity index (χ4n) is 2.90. The highest BCUT2D eigenvalue weighted by Gasteiger charge is 2.55. The summed E-state index contributed by atoms with van der Waals surface area (Å²) in [5.41, 5.74) is 0.701. The molecule has 2 fully saturated rings. The highest BCUT2D eigenvalue weighted by atomic mass is 35.5. The third-order valence-electron chi connectivity index (χ3n) is 4.85. The van der Waals surface area contributed by atoms with Gasteiger partial charge in [0.1, 0.15) is 0 Å². The van der Waals surface area contributed by atoms with Crippen molar-refractivity contribution >= 4 is 19.5 Å². The first-order valence-corrected chi connectivity index (χ1v) is 6.99. The van der Waals surface area contributed by atoms with Gasteiger partial charge >= 0.3 is 7.12 Å². The van der Waals surface area contributed by atoms with Gasteiger partial charge in [0.25, 0.3) is 0 Å². The quantitative estimate of drug-likeness (QED) is 0.853. The van der Waals surface area contributed by atoms with Crippen LogP contribution in [0.5, 0.6) is 0 Å². The van der Waals surface area contributed by atoms with E-state index in [1.807, 2.05) is 12.3 Å². The maximum absolute atomic E-state index is 6.18. The Labute approximate surface area is 127 Å². The second-order valence-corrected chi connectivity index (χ2v) is 6.61. The van der Waals surface area contributed by atoms with Gasteiger partial charge < -0.3 is 19.0 Å². The second-order valence-electron chi connectivity index (χ2n) is 6.61. The van der Waals surface area contributed by atoms with Crippen LogP contribution < -0.4 is 5.32 Å². The van der Waals surface area contributed by atoms with Crippen LogP contribution in [0.15, 0.2) is 23.0 Å². The van der Waals surface area contributed by atoms with E-state index in [1.165, 1.54) is 5.56 Å². The maximum Gasteiger partial charge on any atom is 0.463 e. The van der Waals surface area contributed by atoms with Crippen molar-refractivity contribution in [3.05, 3.63) is 24.2 Å². The molecule has 3 heterocycles. The SMILES string of the molecule is CC1(C)OB(C2CNCC2c2ccoc2)OC1(C)C.Cl. The Kier molecular flexibility index (Phi) is 4.27. The zero-order chi connectivity index (χ0) is 13.7. The average molecular weight is 300 g/mol. The van der Waals surface area contributed by atoms with Crippen LogP contribution in [0.2, 0.25) is 5.82 Å². The molecule has 0 radical (unpaired) electrons. The van der Waals surface area contributed by atoms with Crippen LogP contribution in [-0.4, -0.2) is 31.4 Å². The molecule has 2 aliphatic heterocycles. The molecule has 1 aromatic heterocycles. The summed E-state index contributed by atoms with van der Waals surface area (Å²) in [7, 11) is -0.153. The normalized spacial score (nSPS) is 31.3. The minimum absolute atomic E-state index is 0. The van der Waals surface area contributed by atoms with Gasteiger partial charge in [0.05, 0.1) is 23.7 Å². The Balaban J connectivity index is 0.00000147. The van der Waals surface area contributed by atoms with Gasteiger partial charge in [-0.15, -0.1) is 12.4 Å². The Morgan fingerprint density at radius 1 is 1.15 bits per heavy atom. The van der Waals surface area contributed by atoms with Gasteiger partial charge in [0.15, 0.2) is 0 Å². The predicted octanol–water partition coefficient (Wildman–Crippen LogP) is 2.85. The van der Waals surface area contributed by atoms with Crippen LogP contribution in [0.4, 0.5) is 0 Å². The monoisotopic (exact) mass is 299 g/mol. The minimum atomic E-state index is -0.263. The van der Waals surface area contributed by atoms with E-state index >= 15 is 0 Å². The summed E-state index contributed by atoms with van der Waals surface area (Å²) in [5, 5.41) is 3.44. The zero-order valence-corrected chi connectivity index (χ0v) is 13.3. The largest absolute Gasteiger partial charge is 0.472 e. The van der Waals surface area contributed by atoms with E-state index in [1.54, 1.807) is 6.26 Å². The summed E-state index contributed by atoms with van der Waals surface area (Å²) < 4.78 is 17.6. The zero-order valence-electron chi connectivity index (χ0n) is 12.5. The molecule has 0 amide bonds. The highest BCUT2D eigenvalue weighted by molar-refractivity contribution is 6.48. The van der Waals surface area contributed by atoms with Crippen molar-refractivity contribution in [2.24, 2.45) is 0 Å². The summed E-state index contributed by atoms with van der Waals surface area (Å²) >= 11 is 0. The molecule has 0 aliphatic carbocycles. The molecule has 0 aromatic carbocycles. The van der Waals surface area contributed by atoms with Crippen molar-refractivity contribution in [2.75, 3.05) is 13.1 Å². The molecule has 112 valence electrons. The van der Waals surface area contributed by atoms with E-state index in [0.717, 1.165) is 13.1 Å². The smallest absolute Gasteiger partial charge is 0.463 e. The first-order valence-electron chi connectivity index (χ1n) is 6.99. The predicted molar refractivity (Wildman–Crippen MR) is 81.4 cm³/mol.